The van der Waals surface area contributed by atoms with Crippen LogP contribution in [0.4, 0.5) is 0 Å². The van der Waals surface area contributed by atoms with E-state index in [1.165, 1.54) is 11.5 Å². The Morgan fingerprint density at radius 2 is 1.89 bits per heavy atom. The first-order valence-corrected chi connectivity index (χ1v) is 9.43. The lowest BCUT2D eigenvalue weighted by Gasteiger charge is -2.16. The lowest BCUT2D eigenvalue weighted by molar-refractivity contribution is -0.107. The van der Waals surface area contributed by atoms with Crippen molar-refractivity contribution in [1.82, 2.24) is 19.3 Å². The predicted molar refractivity (Wildman–Crippen MR) is 105 cm³/mol. The van der Waals surface area contributed by atoms with Crippen LogP contribution < -0.4 is 4.74 Å². The van der Waals surface area contributed by atoms with E-state index < -0.39 is 0 Å². The summed E-state index contributed by atoms with van der Waals surface area (Å²) in [5.74, 6) is 1.20. The molecule has 0 N–H and O–H groups in total. The molecule has 0 saturated carbocycles. The summed E-state index contributed by atoms with van der Waals surface area (Å²) in [5.41, 5.74) is 4.44. The Kier molecular flexibility index (Phi) is 5.32. The summed E-state index contributed by atoms with van der Waals surface area (Å²) in [6.07, 6.45) is 4.76. The maximum absolute atomic E-state index is 10.8. The van der Waals surface area contributed by atoms with Gasteiger partial charge in [-0.2, -0.15) is 9.36 Å². The Morgan fingerprint density at radius 1 is 1.11 bits per heavy atom. The van der Waals surface area contributed by atoms with E-state index in [4.69, 9.17) is 4.74 Å². The number of aldehydes is 1. The summed E-state index contributed by atoms with van der Waals surface area (Å²) < 4.78 is 10.2. The van der Waals surface area contributed by atoms with Crippen LogP contribution in [0.2, 0.25) is 0 Å². The molecule has 0 saturated heterocycles. The smallest absolute Gasteiger partial charge is 0.299 e. The Hall–Kier alpha value is -2.67. The summed E-state index contributed by atoms with van der Waals surface area (Å²) in [4.78, 5) is 24.1. The average molecular weight is 382 g/mol. The molecule has 1 aromatic carbocycles. The molecule has 2 aromatic heterocycles. The lowest BCUT2D eigenvalue weighted by atomic mass is 9.93. The van der Waals surface area contributed by atoms with Gasteiger partial charge in [0.15, 0.2) is 5.82 Å². The van der Waals surface area contributed by atoms with Crippen molar-refractivity contribution in [2.75, 3.05) is 0 Å². The lowest BCUT2D eigenvalue weighted by Crippen LogP contribution is -2.13. The number of ether oxygens (including phenoxy) is 1. The van der Waals surface area contributed by atoms with Crippen LogP contribution in [0.1, 0.15) is 43.2 Å². The monoisotopic (exact) mass is 382 g/mol. The highest BCUT2D eigenvalue weighted by molar-refractivity contribution is 7.07. The van der Waals surface area contributed by atoms with Crippen LogP contribution in [0.5, 0.6) is 10.9 Å². The van der Waals surface area contributed by atoms with Gasteiger partial charge in [-0.25, -0.2) is 4.98 Å². The molecule has 0 atom stereocenters. The molecule has 7 heteroatoms. The highest BCUT2D eigenvalue weighted by Crippen LogP contribution is 2.30. The average Bonchev–Trinajstić information content (AvgIpc) is 3.07. The molecule has 0 aliphatic carbocycles. The molecule has 27 heavy (non-hydrogen) atoms. The largest absolute Gasteiger partial charge is 0.430 e. The van der Waals surface area contributed by atoms with Gasteiger partial charge in [0.1, 0.15) is 17.7 Å². The standard InChI is InChI=1S/C20H22N4O2S/c1-12-9-16(13(2)8-14(12)6-7-25)26-19-23-18(24-27-19)15-10-22-17(11-21-15)20(3,4)5/h7-11H,6H2,1-5H3. The van der Waals surface area contributed by atoms with Gasteiger partial charge in [0.25, 0.3) is 5.19 Å². The fourth-order valence-electron chi connectivity index (χ4n) is 2.55. The van der Waals surface area contributed by atoms with E-state index in [1.807, 2.05) is 26.0 Å². The minimum Gasteiger partial charge on any atom is -0.430 e. The van der Waals surface area contributed by atoms with Crippen LogP contribution in [0.3, 0.4) is 0 Å². The van der Waals surface area contributed by atoms with E-state index in [1.54, 1.807) is 12.4 Å². The molecule has 0 radical (unpaired) electrons. The van der Waals surface area contributed by atoms with E-state index >= 15 is 0 Å². The summed E-state index contributed by atoms with van der Waals surface area (Å²) in [6.45, 7) is 10.2. The van der Waals surface area contributed by atoms with Crippen molar-refractivity contribution in [3.05, 3.63) is 46.9 Å². The third-order valence-corrected chi connectivity index (χ3v) is 4.79. The number of benzene rings is 1. The van der Waals surface area contributed by atoms with E-state index in [0.29, 0.717) is 28.9 Å². The van der Waals surface area contributed by atoms with Gasteiger partial charge in [-0.05, 0) is 36.6 Å². The number of carbonyl (C=O) groups is 1. The van der Waals surface area contributed by atoms with Gasteiger partial charge in [0.2, 0.25) is 0 Å². The van der Waals surface area contributed by atoms with Gasteiger partial charge in [-0.15, -0.1) is 0 Å². The fourth-order valence-corrected chi connectivity index (χ4v) is 3.10. The predicted octanol–water partition coefficient (Wildman–Crippen LogP) is 4.44. The second kappa shape index (κ2) is 7.52. The summed E-state index contributed by atoms with van der Waals surface area (Å²) in [7, 11) is 0. The van der Waals surface area contributed by atoms with Crippen molar-refractivity contribution >= 4 is 17.8 Å². The summed E-state index contributed by atoms with van der Waals surface area (Å²) in [6, 6.07) is 3.89. The number of hydrogen-bond acceptors (Lipinski definition) is 7. The zero-order valence-electron chi connectivity index (χ0n) is 16.1. The first-order valence-electron chi connectivity index (χ1n) is 8.66. The van der Waals surface area contributed by atoms with Crippen molar-refractivity contribution in [1.29, 1.82) is 0 Å². The Labute approximate surface area is 162 Å². The van der Waals surface area contributed by atoms with Gasteiger partial charge in [0, 0.05) is 29.6 Å². The van der Waals surface area contributed by atoms with Gasteiger partial charge in [-0.1, -0.05) is 26.8 Å². The highest BCUT2D eigenvalue weighted by atomic mass is 32.1. The van der Waals surface area contributed by atoms with Crippen molar-refractivity contribution in [3.8, 4) is 22.5 Å². The highest BCUT2D eigenvalue weighted by Gasteiger charge is 2.17. The second-order valence-electron chi connectivity index (χ2n) is 7.44. The molecule has 3 aromatic rings. The van der Waals surface area contributed by atoms with E-state index in [-0.39, 0.29) is 5.41 Å². The minimum atomic E-state index is -0.0549. The SMILES string of the molecule is Cc1cc(Oc2nc(-c3cnc(C(C)(C)C)cn3)ns2)c(C)cc1CC=O. The number of aromatic nitrogens is 4. The number of hydrogen-bond donors (Lipinski definition) is 0. The Morgan fingerprint density at radius 3 is 2.52 bits per heavy atom. The van der Waals surface area contributed by atoms with E-state index in [9.17, 15) is 4.79 Å². The first kappa shape index (κ1) is 19.1. The molecule has 0 fully saturated rings. The third kappa shape index (κ3) is 4.36. The molecule has 6 nitrogen and oxygen atoms in total. The summed E-state index contributed by atoms with van der Waals surface area (Å²) in [5, 5.41) is 0.442. The van der Waals surface area contributed by atoms with Crippen LogP contribution >= 0.6 is 11.5 Å². The van der Waals surface area contributed by atoms with E-state index in [2.05, 4.69) is 40.1 Å². The molecule has 3 rings (SSSR count). The molecule has 0 spiro atoms. The number of rotatable bonds is 5. The number of nitrogens with zero attached hydrogens (tertiary/aromatic N) is 4. The molecular formula is C20H22N4O2S. The molecule has 0 aliphatic rings. The first-order chi connectivity index (χ1) is 12.8. The van der Waals surface area contributed by atoms with Crippen molar-refractivity contribution in [3.63, 3.8) is 0 Å². The second-order valence-corrected chi connectivity index (χ2v) is 8.15. The number of aryl methyl sites for hydroxylation is 2. The normalized spacial score (nSPS) is 11.4. The third-order valence-electron chi connectivity index (χ3n) is 4.19. The van der Waals surface area contributed by atoms with Crippen LogP contribution in [0, 0.1) is 13.8 Å². The Balaban J connectivity index is 1.80. The molecular weight excluding hydrogens is 360 g/mol. The quantitative estimate of drug-likeness (QED) is 0.607. The molecule has 0 bridgehead atoms. The summed E-state index contributed by atoms with van der Waals surface area (Å²) >= 11 is 1.17. The van der Waals surface area contributed by atoms with Crippen molar-refractivity contribution in [2.45, 2.75) is 46.5 Å². The molecule has 0 aliphatic heterocycles. The molecule has 0 unspecified atom stereocenters. The van der Waals surface area contributed by atoms with Gasteiger partial charge >= 0.3 is 0 Å². The van der Waals surface area contributed by atoms with Gasteiger partial charge in [-0.3, -0.25) is 4.98 Å². The van der Waals surface area contributed by atoms with Crippen molar-refractivity contribution < 1.29 is 9.53 Å². The van der Waals surface area contributed by atoms with Crippen LogP contribution in [-0.2, 0) is 16.6 Å². The van der Waals surface area contributed by atoms with Gasteiger partial charge in [0.05, 0.1) is 11.9 Å². The maximum Gasteiger partial charge on any atom is 0.299 e. The number of carbonyl (C=O) groups excluding carboxylic acids is 1. The maximum atomic E-state index is 10.8. The topological polar surface area (TPSA) is 77.9 Å². The van der Waals surface area contributed by atoms with Crippen molar-refractivity contribution in [2.24, 2.45) is 0 Å². The van der Waals surface area contributed by atoms with Crippen LogP contribution in [0.25, 0.3) is 11.5 Å². The molecule has 2 heterocycles. The zero-order chi connectivity index (χ0) is 19.6. The minimum absolute atomic E-state index is 0.0549. The zero-order valence-corrected chi connectivity index (χ0v) is 16.9. The van der Waals surface area contributed by atoms with Gasteiger partial charge < -0.3 is 9.53 Å². The van der Waals surface area contributed by atoms with E-state index in [0.717, 1.165) is 28.7 Å². The fraction of sp³-hybridized carbons (Fsp3) is 0.350. The molecule has 140 valence electrons. The Bertz CT molecular complexity index is 959. The molecule has 0 amide bonds. The van der Waals surface area contributed by atoms with Crippen LogP contribution in [-0.4, -0.2) is 25.6 Å². The van der Waals surface area contributed by atoms with Crippen LogP contribution in [0.15, 0.2) is 24.5 Å².